The monoisotopic (exact) mass is 461 g/mol. The van der Waals surface area contributed by atoms with Crippen LogP contribution in [-0.4, -0.2) is 36.8 Å². The maximum atomic E-state index is 12.9. The van der Waals surface area contributed by atoms with E-state index in [1.807, 2.05) is 0 Å². The van der Waals surface area contributed by atoms with Gasteiger partial charge in [-0.2, -0.15) is 4.31 Å². The third kappa shape index (κ3) is 6.68. The summed E-state index contributed by atoms with van der Waals surface area (Å²) in [5, 5.41) is 5.44. The minimum absolute atomic E-state index is 0.0804. The second kappa shape index (κ2) is 10.6. The van der Waals surface area contributed by atoms with Crippen molar-refractivity contribution in [2.24, 2.45) is 0 Å². The van der Waals surface area contributed by atoms with E-state index < -0.39 is 15.9 Å². The van der Waals surface area contributed by atoms with E-state index in [0.717, 1.165) is 25.7 Å². The van der Waals surface area contributed by atoms with Crippen molar-refractivity contribution >= 4 is 45.0 Å². The third-order valence-corrected chi connectivity index (χ3v) is 6.97. The molecule has 164 valence electrons. The van der Waals surface area contributed by atoms with Gasteiger partial charge in [0.05, 0.1) is 4.90 Å². The number of halogens is 1. The molecule has 0 spiro atoms. The molecule has 0 bridgehead atoms. The summed E-state index contributed by atoms with van der Waals surface area (Å²) >= 11 is 5.13. The van der Waals surface area contributed by atoms with Crippen molar-refractivity contribution in [3.05, 3.63) is 66.0 Å². The molecule has 1 fully saturated rings. The molecular weight excluding hydrogens is 437 g/mol. The van der Waals surface area contributed by atoms with E-state index in [4.69, 9.17) is 12.2 Å². The topological polar surface area (TPSA) is 78.5 Å². The highest BCUT2D eigenvalue weighted by Crippen LogP contribution is 2.21. The van der Waals surface area contributed by atoms with Crippen molar-refractivity contribution in [2.75, 3.05) is 18.4 Å². The molecule has 0 aliphatic carbocycles. The molecule has 0 aromatic heterocycles. The number of carbonyl (C=O) groups is 1. The van der Waals surface area contributed by atoms with Gasteiger partial charge in [0.25, 0.3) is 0 Å². The first-order chi connectivity index (χ1) is 14.8. The Labute approximate surface area is 187 Å². The zero-order valence-corrected chi connectivity index (χ0v) is 18.5. The largest absolute Gasteiger partial charge is 0.332 e. The Morgan fingerprint density at radius 2 is 1.58 bits per heavy atom. The van der Waals surface area contributed by atoms with Crippen molar-refractivity contribution in [1.82, 2.24) is 9.62 Å². The first-order valence-electron chi connectivity index (χ1n) is 10.0. The Bertz CT molecular complexity index is 1040. The molecule has 1 saturated heterocycles. The van der Waals surface area contributed by atoms with Crippen LogP contribution in [0.5, 0.6) is 0 Å². The average Bonchev–Trinajstić information content (AvgIpc) is 3.04. The van der Waals surface area contributed by atoms with E-state index in [0.29, 0.717) is 24.3 Å². The minimum atomic E-state index is -3.52. The fourth-order valence-electron chi connectivity index (χ4n) is 3.20. The molecule has 2 aromatic carbocycles. The zero-order valence-electron chi connectivity index (χ0n) is 16.9. The maximum Gasteiger partial charge on any atom is 0.250 e. The second-order valence-electron chi connectivity index (χ2n) is 7.17. The number of benzene rings is 2. The van der Waals surface area contributed by atoms with Gasteiger partial charge in [-0.05, 0) is 73.1 Å². The molecule has 0 atom stereocenters. The van der Waals surface area contributed by atoms with Crippen LogP contribution in [0, 0.1) is 5.82 Å². The predicted molar refractivity (Wildman–Crippen MR) is 123 cm³/mol. The van der Waals surface area contributed by atoms with Gasteiger partial charge in [-0.15, -0.1) is 0 Å². The lowest BCUT2D eigenvalue weighted by Crippen LogP contribution is -2.33. The van der Waals surface area contributed by atoms with Crippen molar-refractivity contribution in [2.45, 2.75) is 30.6 Å². The summed E-state index contributed by atoms with van der Waals surface area (Å²) in [6.07, 6.45) is 6.69. The predicted octanol–water partition coefficient (Wildman–Crippen LogP) is 3.92. The van der Waals surface area contributed by atoms with Crippen LogP contribution in [0.3, 0.4) is 0 Å². The molecule has 1 aliphatic heterocycles. The summed E-state index contributed by atoms with van der Waals surface area (Å²) in [7, 11) is -3.52. The van der Waals surface area contributed by atoms with Gasteiger partial charge in [0.2, 0.25) is 15.9 Å². The average molecular weight is 462 g/mol. The summed E-state index contributed by atoms with van der Waals surface area (Å²) in [5.74, 6) is -0.792. The molecule has 1 amide bonds. The number of carbonyl (C=O) groups excluding carboxylic acids is 1. The van der Waals surface area contributed by atoms with E-state index in [9.17, 15) is 17.6 Å². The molecule has 0 unspecified atom stereocenters. The van der Waals surface area contributed by atoms with Crippen molar-refractivity contribution in [1.29, 1.82) is 0 Å². The van der Waals surface area contributed by atoms with Gasteiger partial charge < -0.3 is 5.32 Å². The highest BCUT2D eigenvalue weighted by atomic mass is 32.2. The Hall–Kier alpha value is -2.62. The van der Waals surface area contributed by atoms with Gasteiger partial charge in [0.1, 0.15) is 5.82 Å². The number of thiocarbonyl (C=S) groups is 1. The number of anilines is 1. The molecule has 2 N–H and O–H groups in total. The summed E-state index contributed by atoms with van der Waals surface area (Å²) in [6.45, 7) is 1.09. The smallest absolute Gasteiger partial charge is 0.250 e. The summed E-state index contributed by atoms with van der Waals surface area (Å²) < 4.78 is 40.1. The highest BCUT2D eigenvalue weighted by molar-refractivity contribution is 7.89. The first-order valence-corrected chi connectivity index (χ1v) is 11.9. The Morgan fingerprint density at radius 3 is 2.19 bits per heavy atom. The molecule has 9 heteroatoms. The number of nitrogens with one attached hydrogen (secondary N) is 2. The fraction of sp³-hybridized carbons (Fsp3) is 0.273. The van der Waals surface area contributed by atoms with Crippen LogP contribution >= 0.6 is 12.2 Å². The molecule has 3 rings (SSSR count). The molecule has 6 nitrogen and oxygen atoms in total. The van der Waals surface area contributed by atoms with E-state index in [-0.39, 0.29) is 15.8 Å². The standard InChI is InChI=1S/C22H24FN3O3S2/c23-18-8-5-17(6-9-18)7-14-21(27)25-22(30)24-19-10-12-20(13-11-19)31(28,29)26-15-3-1-2-4-16-26/h5-14H,1-4,15-16H2,(H2,24,25,27,30)/b14-7+. The number of nitrogens with zero attached hydrogens (tertiary/aromatic N) is 1. The minimum Gasteiger partial charge on any atom is -0.332 e. The molecule has 0 saturated carbocycles. The lowest BCUT2D eigenvalue weighted by Gasteiger charge is -2.20. The van der Waals surface area contributed by atoms with Crippen LogP contribution in [0.15, 0.2) is 59.5 Å². The molecule has 0 radical (unpaired) electrons. The van der Waals surface area contributed by atoms with E-state index >= 15 is 0 Å². The molecule has 1 aliphatic rings. The quantitative estimate of drug-likeness (QED) is 0.521. The maximum absolute atomic E-state index is 12.9. The van der Waals surface area contributed by atoms with Gasteiger partial charge in [0, 0.05) is 24.9 Å². The van der Waals surface area contributed by atoms with Crippen LogP contribution < -0.4 is 10.6 Å². The van der Waals surface area contributed by atoms with Crippen LogP contribution in [0.2, 0.25) is 0 Å². The van der Waals surface area contributed by atoms with Gasteiger partial charge in [0.15, 0.2) is 5.11 Å². The van der Waals surface area contributed by atoms with E-state index in [1.54, 1.807) is 34.6 Å². The number of hydrogen-bond acceptors (Lipinski definition) is 4. The van der Waals surface area contributed by atoms with Crippen molar-refractivity contribution < 1.29 is 17.6 Å². The third-order valence-electron chi connectivity index (χ3n) is 4.85. The first kappa shape index (κ1) is 23.1. The molecular formula is C22H24FN3O3S2. The SMILES string of the molecule is O=C(/C=C/c1ccc(F)cc1)NC(=S)Nc1ccc(S(=O)(=O)N2CCCCCC2)cc1. The van der Waals surface area contributed by atoms with Gasteiger partial charge in [-0.1, -0.05) is 25.0 Å². The number of amides is 1. The summed E-state index contributed by atoms with van der Waals surface area (Å²) in [6, 6.07) is 12.0. The molecule has 2 aromatic rings. The molecule has 31 heavy (non-hydrogen) atoms. The van der Waals surface area contributed by atoms with Crippen molar-refractivity contribution in [3.63, 3.8) is 0 Å². The van der Waals surface area contributed by atoms with Gasteiger partial charge in [-0.3, -0.25) is 10.1 Å². The second-order valence-corrected chi connectivity index (χ2v) is 9.52. The van der Waals surface area contributed by atoms with E-state index in [2.05, 4.69) is 10.6 Å². The van der Waals surface area contributed by atoms with Crippen LogP contribution in [0.4, 0.5) is 10.1 Å². The van der Waals surface area contributed by atoms with Crippen LogP contribution in [-0.2, 0) is 14.8 Å². The van der Waals surface area contributed by atoms with E-state index in [1.165, 1.54) is 30.3 Å². The lowest BCUT2D eigenvalue weighted by molar-refractivity contribution is -0.115. The molecule has 1 heterocycles. The van der Waals surface area contributed by atoms with Gasteiger partial charge in [-0.25, -0.2) is 12.8 Å². The van der Waals surface area contributed by atoms with Crippen LogP contribution in [0.1, 0.15) is 31.2 Å². The number of rotatable bonds is 5. The number of sulfonamides is 1. The Morgan fingerprint density at radius 1 is 0.968 bits per heavy atom. The zero-order chi connectivity index (χ0) is 22.3. The van der Waals surface area contributed by atoms with Crippen LogP contribution in [0.25, 0.3) is 6.08 Å². The fourth-order valence-corrected chi connectivity index (χ4v) is 4.94. The highest BCUT2D eigenvalue weighted by Gasteiger charge is 2.24. The number of hydrogen-bond donors (Lipinski definition) is 2. The Balaban J connectivity index is 1.55. The van der Waals surface area contributed by atoms with Crippen molar-refractivity contribution in [3.8, 4) is 0 Å². The summed E-state index contributed by atoms with van der Waals surface area (Å²) in [4.78, 5) is 12.2. The summed E-state index contributed by atoms with van der Waals surface area (Å²) in [5.41, 5.74) is 1.24. The van der Waals surface area contributed by atoms with Gasteiger partial charge >= 0.3 is 0 Å². The normalized spacial score (nSPS) is 15.4. The lowest BCUT2D eigenvalue weighted by atomic mass is 10.2. The Kier molecular flexibility index (Phi) is 7.89.